The predicted molar refractivity (Wildman–Crippen MR) is 77.8 cm³/mol. The van der Waals surface area contributed by atoms with Gasteiger partial charge in [0.25, 0.3) is 0 Å². The Morgan fingerprint density at radius 3 is 2.81 bits per heavy atom. The number of rotatable bonds is 5. The number of aromatic nitrogens is 3. The summed E-state index contributed by atoms with van der Waals surface area (Å²) < 4.78 is 5.49. The first kappa shape index (κ1) is 15.2. The maximum absolute atomic E-state index is 11.1. The minimum atomic E-state index is -0.0448. The molecule has 4 N–H and O–H groups in total. The summed E-state index contributed by atoms with van der Waals surface area (Å²) in [4.78, 5) is 25.6. The molecule has 2 heterocycles. The topological polar surface area (TPSA) is 118 Å². The fourth-order valence-corrected chi connectivity index (χ4v) is 2.16. The van der Waals surface area contributed by atoms with E-state index in [-0.39, 0.29) is 30.0 Å². The normalized spacial score (nSPS) is 18.0. The standard InChI is InChI=1S/C12H21N7O2/c1-7(2)21-12-16-10(18-13)15-11(17-12)19-5-4-9(6-19)14-8(3)20/h7,9H,4-6,13H2,1-3H3,(H,14,20)(H,15,16,17,18). The smallest absolute Gasteiger partial charge is 0.323 e. The van der Waals surface area contributed by atoms with Crippen molar-refractivity contribution in [2.75, 3.05) is 23.4 Å². The third-order valence-electron chi connectivity index (χ3n) is 2.95. The Kier molecular flexibility index (Phi) is 4.73. The number of hydrogen-bond donors (Lipinski definition) is 3. The zero-order chi connectivity index (χ0) is 15.4. The highest BCUT2D eigenvalue weighted by Gasteiger charge is 2.26. The summed E-state index contributed by atoms with van der Waals surface area (Å²) in [6.07, 6.45) is 0.799. The van der Waals surface area contributed by atoms with Gasteiger partial charge in [0.05, 0.1) is 6.10 Å². The van der Waals surface area contributed by atoms with Crippen molar-refractivity contribution in [1.29, 1.82) is 0 Å². The molecule has 1 amide bonds. The molecule has 9 heteroatoms. The van der Waals surface area contributed by atoms with Crippen molar-refractivity contribution in [1.82, 2.24) is 20.3 Å². The lowest BCUT2D eigenvalue weighted by Gasteiger charge is -2.18. The number of amides is 1. The van der Waals surface area contributed by atoms with E-state index in [4.69, 9.17) is 10.6 Å². The number of anilines is 2. The molecule has 1 atom stereocenters. The molecule has 1 unspecified atom stereocenters. The molecule has 2 rings (SSSR count). The number of hydrogen-bond acceptors (Lipinski definition) is 8. The van der Waals surface area contributed by atoms with Crippen LogP contribution in [0.5, 0.6) is 6.01 Å². The van der Waals surface area contributed by atoms with Crippen molar-refractivity contribution < 1.29 is 9.53 Å². The van der Waals surface area contributed by atoms with Crippen LogP contribution in [0.2, 0.25) is 0 Å². The molecule has 116 valence electrons. The number of nitrogen functional groups attached to an aromatic ring is 1. The second-order valence-electron chi connectivity index (χ2n) is 5.18. The minimum Gasteiger partial charge on any atom is -0.461 e. The Hall–Kier alpha value is -2.16. The molecule has 0 saturated carbocycles. The van der Waals surface area contributed by atoms with E-state index in [1.54, 1.807) is 0 Å². The lowest BCUT2D eigenvalue weighted by atomic mass is 10.3. The van der Waals surface area contributed by atoms with E-state index in [1.165, 1.54) is 6.92 Å². The van der Waals surface area contributed by atoms with Crippen molar-refractivity contribution >= 4 is 17.8 Å². The number of nitrogens with one attached hydrogen (secondary N) is 2. The van der Waals surface area contributed by atoms with Gasteiger partial charge in [0.1, 0.15) is 0 Å². The number of nitrogens with two attached hydrogens (primary N) is 1. The molecule has 0 spiro atoms. The van der Waals surface area contributed by atoms with Crippen LogP contribution >= 0.6 is 0 Å². The maximum Gasteiger partial charge on any atom is 0.323 e. The van der Waals surface area contributed by atoms with Gasteiger partial charge in [0, 0.05) is 26.1 Å². The largest absolute Gasteiger partial charge is 0.461 e. The van der Waals surface area contributed by atoms with Crippen LogP contribution in [0.3, 0.4) is 0 Å². The van der Waals surface area contributed by atoms with Crippen molar-refractivity contribution in [3.05, 3.63) is 0 Å². The highest BCUT2D eigenvalue weighted by Crippen LogP contribution is 2.20. The van der Waals surface area contributed by atoms with Crippen molar-refractivity contribution in [2.45, 2.75) is 39.3 Å². The van der Waals surface area contributed by atoms with E-state index >= 15 is 0 Å². The van der Waals surface area contributed by atoms with Gasteiger partial charge in [-0.25, -0.2) is 5.84 Å². The first-order valence-corrected chi connectivity index (χ1v) is 6.89. The summed E-state index contributed by atoms with van der Waals surface area (Å²) in [5.74, 6) is 6.08. The number of hydrazine groups is 1. The Morgan fingerprint density at radius 2 is 2.19 bits per heavy atom. The average Bonchev–Trinajstić information content (AvgIpc) is 2.85. The van der Waals surface area contributed by atoms with Crippen LogP contribution in [0.15, 0.2) is 0 Å². The summed E-state index contributed by atoms with van der Waals surface area (Å²) in [7, 11) is 0. The summed E-state index contributed by atoms with van der Waals surface area (Å²) in [5, 5.41) is 2.89. The lowest BCUT2D eigenvalue weighted by Crippen LogP contribution is -2.36. The van der Waals surface area contributed by atoms with Gasteiger partial charge in [-0.2, -0.15) is 15.0 Å². The van der Waals surface area contributed by atoms with E-state index < -0.39 is 0 Å². The predicted octanol–water partition coefficient (Wildman–Crippen LogP) is -0.341. The Labute approximate surface area is 123 Å². The average molecular weight is 295 g/mol. The SMILES string of the molecule is CC(=O)NC1CCN(c2nc(NN)nc(OC(C)C)n2)C1. The summed E-state index contributed by atoms with van der Waals surface area (Å²) >= 11 is 0. The van der Waals surface area contributed by atoms with E-state index in [2.05, 4.69) is 25.7 Å². The molecule has 1 saturated heterocycles. The lowest BCUT2D eigenvalue weighted by molar-refractivity contribution is -0.119. The van der Waals surface area contributed by atoms with Crippen molar-refractivity contribution in [3.8, 4) is 6.01 Å². The molecule has 0 radical (unpaired) electrons. The Balaban J connectivity index is 2.13. The van der Waals surface area contributed by atoms with Crippen molar-refractivity contribution in [3.63, 3.8) is 0 Å². The monoisotopic (exact) mass is 295 g/mol. The van der Waals surface area contributed by atoms with Crippen molar-refractivity contribution in [2.24, 2.45) is 5.84 Å². The molecule has 1 aliphatic rings. The van der Waals surface area contributed by atoms with Crippen LogP contribution in [-0.2, 0) is 4.79 Å². The minimum absolute atomic E-state index is 0.0364. The molecule has 0 aromatic carbocycles. The van der Waals surface area contributed by atoms with Crippen LogP contribution < -0.4 is 26.2 Å². The van der Waals surface area contributed by atoms with Gasteiger partial charge in [0.15, 0.2) is 0 Å². The summed E-state index contributed by atoms with van der Waals surface area (Å²) in [5.41, 5.74) is 2.41. The third kappa shape index (κ3) is 4.15. The van der Waals surface area contributed by atoms with Crippen LogP contribution in [0, 0.1) is 0 Å². The van der Waals surface area contributed by atoms with Gasteiger partial charge in [-0.05, 0) is 20.3 Å². The maximum atomic E-state index is 11.1. The summed E-state index contributed by atoms with van der Waals surface area (Å²) in [6, 6.07) is 0.328. The van der Waals surface area contributed by atoms with Crippen LogP contribution in [0.4, 0.5) is 11.9 Å². The van der Waals surface area contributed by atoms with Gasteiger partial charge >= 0.3 is 6.01 Å². The van der Waals surface area contributed by atoms with Gasteiger partial charge in [-0.15, -0.1) is 0 Å². The molecule has 21 heavy (non-hydrogen) atoms. The quantitative estimate of drug-likeness (QED) is 0.498. The van der Waals surface area contributed by atoms with Gasteiger partial charge in [-0.1, -0.05) is 0 Å². The van der Waals surface area contributed by atoms with Gasteiger partial charge < -0.3 is 15.0 Å². The fraction of sp³-hybridized carbons (Fsp3) is 0.667. The van der Waals surface area contributed by atoms with E-state index in [0.717, 1.165) is 13.0 Å². The zero-order valence-electron chi connectivity index (χ0n) is 12.5. The second-order valence-corrected chi connectivity index (χ2v) is 5.18. The van der Waals surface area contributed by atoms with Gasteiger partial charge in [0.2, 0.25) is 17.8 Å². The molecule has 1 aliphatic heterocycles. The zero-order valence-corrected chi connectivity index (χ0v) is 12.5. The second kappa shape index (κ2) is 6.53. The number of carbonyl (C=O) groups excluding carboxylic acids is 1. The van der Waals surface area contributed by atoms with Crippen LogP contribution in [0.25, 0.3) is 0 Å². The molecular weight excluding hydrogens is 274 g/mol. The highest BCUT2D eigenvalue weighted by molar-refractivity contribution is 5.73. The third-order valence-corrected chi connectivity index (χ3v) is 2.95. The number of nitrogens with zero attached hydrogens (tertiary/aromatic N) is 4. The number of ether oxygens (including phenoxy) is 1. The van der Waals surface area contributed by atoms with E-state index in [9.17, 15) is 4.79 Å². The highest BCUT2D eigenvalue weighted by atomic mass is 16.5. The molecule has 1 aromatic heterocycles. The molecule has 0 bridgehead atoms. The van der Waals surface area contributed by atoms with Gasteiger partial charge in [-0.3, -0.25) is 10.2 Å². The molecule has 9 nitrogen and oxygen atoms in total. The van der Waals surface area contributed by atoms with E-state index in [0.29, 0.717) is 12.5 Å². The van der Waals surface area contributed by atoms with E-state index in [1.807, 2.05) is 18.7 Å². The fourth-order valence-electron chi connectivity index (χ4n) is 2.16. The first-order valence-electron chi connectivity index (χ1n) is 6.89. The summed E-state index contributed by atoms with van der Waals surface area (Å²) in [6.45, 7) is 6.69. The number of carbonyl (C=O) groups is 1. The van der Waals surface area contributed by atoms with Crippen LogP contribution in [0.1, 0.15) is 27.2 Å². The van der Waals surface area contributed by atoms with Crippen LogP contribution in [-0.4, -0.2) is 46.1 Å². The molecule has 1 aromatic rings. The Morgan fingerprint density at radius 1 is 1.43 bits per heavy atom. The molecular formula is C12H21N7O2. The molecule has 1 fully saturated rings. The Bertz CT molecular complexity index is 508. The first-order chi connectivity index (χ1) is 9.97. The molecule has 0 aliphatic carbocycles.